The summed E-state index contributed by atoms with van der Waals surface area (Å²) in [4.78, 5) is 0. The van der Waals surface area contributed by atoms with Crippen molar-refractivity contribution in [1.29, 1.82) is 0 Å². The van der Waals surface area contributed by atoms with Gasteiger partial charge in [-0.3, -0.25) is 0 Å². The molecule has 0 aliphatic rings. The maximum atomic E-state index is 13.7. The standard InChI is InChI=1S/C17H19FO2/c1-13(19)15-9-10-17(16(18)12-15)20-11-5-8-14-6-3-2-4-7-14/h2-4,6-7,9-10,12-13,19H,5,8,11H2,1H3/t13-/m1/s1. The number of aliphatic hydroxyl groups is 1. The summed E-state index contributed by atoms with van der Waals surface area (Å²) in [6.07, 6.45) is 1.08. The molecular formula is C17H19FO2. The zero-order chi connectivity index (χ0) is 14.4. The highest BCUT2D eigenvalue weighted by Gasteiger charge is 2.07. The Morgan fingerprint density at radius 3 is 2.55 bits per heavy atom. The molecule has 0 aromatic heterocycles. The lowest BCUT2D eigenvalue weighted by Gasteiger charge is -2.10. The summed E-state index contributed by atoms with van der Waals surface area (Å²) in [6.45, 7) is 2.08. The van der Waals surface area contributed by atoms with E-state index in [-0.39, 0.29) is 5.75 Å². The van der Waals surface area contributed by atoms with Gasteiger partial charge >= 0.3 is 0 Å². The Kier molecular flexibility index (Phi) is 5.13. The molecule has 0 amide bonds. The van der Waals surface area contributed by atoms with Crippen molar-refractivity contribution in [3.05, 3.63) is 65.5 Å². The van der Waals surface area contributed by atoms with Crippen molar-refractivity contribution in [2.24, 2.45) is 0 Å². The molecule has 0 aliphatic carbocycles. The lowest BCUT2D eigenvalue weighted by atomic mass is 10.1. The van der Waals surface area contributed by atoms with E-state index >= 15 is 0 Å². The lowest BCUT2D eigenvalue weighted by Crippen LogP contribution is -2.02. The Balaban J connectivity index is 1.82. The molecule has 0 fully saturated rings. The van der Waals surface area contributed by atoms with E-state index in [0.29, 0.717) is 12.2 Å². The van der Waals surface area contributed by atoms with Gasteiger partial charge in [0.25, 0.3) is 0 Å². The van der Waals surface area contributed by atoms with Crippen molar-refractivity contribution in [2.75, 3.05) is 6.61 Å². The molecule has 0 unspecified atom stereocenters. The third-order valence-corrected chi connectivity index (χ3v) is 3.15. The zero-order valence-electron chi connectivity index (χ0n) is 11.6. The Hall–Kier alpha value is -1.87. The topological polar surface area (TPSA) is 29.5 Å². The second-order valence-electron chi connectivity index (χ2n) is 4.80. The Bertz CT molecular complexity index is 538. The van der Waals surface area contributed by atoms with Gasteiger partial charge in [-0.25, -0.2) is 4.39 Å². The normalized spacial score (nSPS) is 12.2. The van der Waals surface area contributed by atoms with Gasteiger partial charge in [0.05, 0.1) is 12.7 Å². The molecule has 0 aliphatic heterocycles. The number of hydrogen-bond acceptors (Lipinski definition) is 2. The highest BCUT2D eigenvalue weighted by atomic mass is 19.1. The van der Waals surface area contributed by atoms with E-state index in [0.717, 1.165) is 12.8 Å². The first-order valence-corrected chi connectivity index (χ1v) is 6.81. The molecule has 1 atom stereocenters. The SMILES string of the molecule is C[C@@H](O)c1ccc(OCCCc2ccccc2)c(F)c1. The van der Waals surface area contributed by atoms with Gasteiger partial charge in [0.15, 0.2) is 11.6 Å². The molecule has 2 nitrogen and oxygen atoms in total. The van der Waals surface area contributed by atoms with Crippen LogP contribution in [0.2, 0.25) is 0 Å². The van der Waals surface area contributed by atoms with Gasteiger partial charge in [-0.05, 0) is 43.0 Å². The van der Waals surface area contributed by atoms with Crippen LogP contribution in [0.1, 0.15) is 30.6 Å². The number of aliphatic hydroxyl groups excluding tert-OH is 1. The first-order valence-electron chi connectivity index (χ1n) is 6.81. The quantitative estimate of drug-likeness (QED) is 0.810. The Labute approximate surface area is 118 Å². The second kappa shape index (κ2) is 7.06. The van der Waals surface area contributed by atoms with E-state index in [2.05, 4.69) is 12.1 Å². The van der Waals surface area contributed by atoms with Crippen molar-refractivity contribution >= 4 is 0 Å². The van der Waals surface area contributed by atoms with Crippen LogP contribution in [0, 0.1) is 5.82 Å². The van der Waals surface area contributed by atoms with Gasteiger partial charge in [-0.15, -0.1) is 0 Å². The summed E-state index contributed by atoms with van der Waals surface area (Å²) in [6, 6.07) is 14.7. The summed E-state index contributed by atoms with van der Waals surface area (Å²) in [7, 11) is 0. The van der Waals surface area contributed by atoms with Crippen LogP contribution in [0.4, 0.5) is 4.39 Å². The maximum absolute atomic E-state index is 13.7. The van der Waals surface area contributed by atoms with Crippen molar-refractivity contribution in [1.82, 2.24) is 0 Å². The molecule has 0 saturated heterocycles. The fourth-order valence-corrected chi connectivity index (χ4v) is 2.00. The number of ether oxygens (including phenoxy) is 1. The monoisotopic (exact) mass is 274 g/mol. The second-order valence-corrected chi connectivity index (χ2v) is 4.80. The largest absolute Gasteiger partial charge is 0.491 e. The zero-order valence-corrected chi connectivity index (χ0v) is 11.6. The molecule has 2 aromatic rings. The minimum absolute atomic E-state index is 0.238. The maximum Gasteiger partial charge on any atom is 0.165 e. The predicted octanol–water partition coefficient (Wildman–Crippen LogP) is 3.89. The third-order valence-electron chi connectivity index (χ3n) is 3.15. The van der Waals surface area contributed by atoms with Crippen LogP contribution < -0.4 is 4.74 Å². The molecule has 0 bridgehead atoms. The average molecular weight is 274 g/mol. The average Bonchev–Trinajstić information content (AvgIpc) is 2.46. The summed E-state index contributed by atoms with van der Waals surface area (Å²) >= 11 is 0. The third kappa shape index (κ3) is 4.07. The molecule has 0 heterocycles. The van der Waals surface area contributed by atoms with Gasteiger partial charge in [0.1, 0.15) is 0 Å². The van der Waals surface area contributed by atoms with Crippen molar-refractivity contribution in [3.63, 3.8) is 0 Å². The number of halogens is 1. The van der Waals surface area contributed by atoms with Crippen LogP contribution in [-0.4, -0.2) is 11.7 Å². The summed E-state index contributed by atoms with van der Waals surface area (Å²) in [5.74, 6) is -0.189. The van der Waals surface area contributed by atoms with Crippen LogP contribution in [0.3, 0.4) is 0 Å². The minimum atomic E-state index is -0.670. The molecule has 2 aromatic carbocycles. The number of aryl methyl sites for hydroxylation is 1. The highest BCUT2D eigenvalue weighted by molar-refractivity contribution is 5.30. The minimum Gasteiger partial charge on any atom is -0.491 e. The van der Waals surface area contributed by atoms with E-state index in [1.54, 1.807) is 19.1 Å². The number of hydrogen-bond donors (Lipinski definition) is 1. The molecular weight excluding hydrogens is 255 g/mol. The molecule has 2 rings (SSSR count). The lowest BCUT2D eigenvalue weighted by molar-refractivity contribution is 0.198. The summed E-state index contributed by atoms with van der Waals surface area (Å²) in [5, 5.41) is 9.37. The smallest absolute Gasteiger partial charge is 0.165 e. The van der Waals surface area contributed by atoms with Crippen LogP contribution in [0.25, 0.3) is 0 Å². The molecule has 0 spiro atoms. The molecule has 20 heavy (non-hydrogen) atoms. The van der Waals surface area contributed by atoms with E-state index in [4.69, 9.17) is 4.74 Å². The Morgan fingerprint density at radius 2 is 1.90 bits per heavy atom. The first-order chi connectivity index (χ1) is 9.66. The van der Waals surface area contributed by atoms with Gasteiger partial charge in [0.2, 0.25) is 0 Å². The van der Waals surface area contributed by atoms with Gasteiger partial charge in [0, 0.05) is 0 Å². The fourth-order valence-electron chi connectivity index (χ4n) is 2.00. The van der Waals surface area contributed by atoms with E-state index in [1.807, 2.05) is 18.2 Å². The fraction of sp³-hybridized carbons (Fsp3) is 0.294. The predicted molar refractivity (Wildman–Crippen MR) is 77.3 cm³/mol. The van der Waals surface area contributed by atoms with Crippen LogP contribution >= 0.6 is 0 Å². The summed E-state index contributed by atoms with van der Waals surface area (Å²) in [5.41, 5.74) is 1.81. The van der Waals surface area contributed by atoms with Crippen LogP contribution in [-0.2, 0) is 6.42 Å². The van der Waals surface area contributed by atoms with Crippen LogP contribution in [0.5, 0.6) is 5.75 Å². The Morgan fingerprint density at radius 1 is 1.15 bits per heavy atom. The van der Waals surface area contributed by atoms with Crippen molar-refractivity contribution in [2.45, 2.75) is 25.9 Å². The summed E-state index contributed by atoms with van der Waals surface area (Å²) < 4.78 is 19.2. The molecule has 0 saturated carbocycles. The first kappa shape index (κ1) is 14.5. The molecule has 1 N–H and O–H groups in total. The van der Waals surface area contributed by atoms with E-state index < -0.39 is 11.9 Å². The van der Waals surface area contributed by atoms with Crippen molar-refractivity contribution in [3.8, 4) is 5.75 Å². The van der Waals surface area contributed by atoms with E-state index in [9.17, 15) is 9.50 Å². The van der Waals surface area contributed by atoms with Gasteiger partial charge < -0.3 is 9.84 Å². The van der Waals surface area contributed by atoms with Crippen molar-refractivity contribution < 1.29 is 14.2 Å². The molecule has 3 heteroatoms. The number of benzene rings is 2. The van der Waals surface area contributed by atoms with Crippen LogP contribution in [0.15, 0.2) is 48.5 Å². The van der Waals surface area contributed by atoms with Gasteiger partial charge in [-0.1, -0.05) is 36.4 Å². The number of rotatable bonds is 6. The molecule has 0 radical (unpaired) electrons. The molecule has 106 valence electrons. The highest BCUT2D eigenvalue weighted by Crippen LogP contribution is 2.22. The van der Waals surface area contributed by atoms with Gasteiger partial charge in [-0.2, -0.15) is 0 Å². The van der Waals surface area contributed by atoms with E-state index in [1.165, 1.54) is 11.6 Å².